The number of carbonyl (C=O) groups excluding carboxylic acids is 1. The van der Waals surface area contributed by atoms with Gasteiger partial charge in [-0.25, -0.2) is 0 Å². The number of piperidine rings is 1. The average Bonchev–Trinajstić information content (AvgIpc) is 2.77. The van der Waals surface area contributed by atoms with Gasteiger partial charge in [-0.15, -0.1) is 0 Å². The molecule has 1 aromatic heterocycles. The van der Waals surface area contributed by atoms with Crippen LogP contribution >= 0.6 is 0 Å². The molecule has 3 aromatic rings. The monoisotopic (exact) mass is 386 g/mol. The van der Waals surface area contributed by atoms with Crippen LogP contribution in [0, 0.1) is 0 Å². The summed E-state index contributed by atoms with van der Waals surface area (Å²) in [5, 5.41) is 3.00. The fraction of sp³-hybridized carbons (Fsp3) is 0.280. The molecule has 0 spiro atoms. The van der Waals surface area contributed by atoms with E-state index in [4.69, 9.17) is 0 Å². The smallest absolute Gasteiger partial charge is 0.290 e. The van der Waals surface area contributed by atoms with E-state index >= 15 is 0 Å². The lowest BCUT2D eigenvalue weighted by atomic mass is 10.1. The number of hydrogen-bond acceptors (Lipinski definition) is 2. The van der Waals surface area contributed by atoms with Crippen molar-refractivity contribution in [1.29, 1.82) is 0 Å². The predicted octanol–water partition coefficient (Wildman–Crippen LogP) is 4.19. The Kier molecular flexibility index (Phi) is 6.20. The Bertz CT molecular complexity index is 915. The Hall–Kier alpha value is -3.14. The van der Waals surface area contributed by atoms with Crippen molar-refractivity contribution in [2.24, 2.45) is 0 Å². The minimum atomic E-state index is -0.0171. The fourth-order valence-electron chi connectivity index (χ4n) is 3.82. The summed E-state index contributed by atoms with van der Waals surface area (Å²) in [6.45, 7) is 2.56. The Morgan fingerprint density at radius 3 is 2.17 bits per heavy atom. The number of carbonyl (C=O) groups is 1. The van der Waals surface area contributed by atoms with Gasteiger partial charge in [-0.3, -0.25) is 4.79 Å². The zero-order valence-corrected chi connectivity index (χ0v) is 16.8. The second-order valence-electron chi connectivity index (χ2n) is 7.68. The highest BCUT2D eigenvalue weighted by Gasteiger charge is 2.12. The van der Waals surface area contributed by atoms with Gasteiger partial charge in [0.15, 0.2) is 12.4 Å². The van der Waals surface area contributed by atoms with Crippen LogP contribution in [-0.4, -0.2) is 19.0 Å². The van der Waals surface area contributed by atoms with Gasteiger partial charge in [0.05, 0.1) is 0 Å². The topological polar surface area (TPSA) is 36.2 Å². The SMILES string of the molecule is O=C(C[n+]1ccc(Cc2ccccc2)cc1)Nc1ccc(N2CCCCC2)cc1. The van der Waals surface area contributed by atoms with E-state index in [0.717, 1.165) is 25.2 Å². The summed E-state index contributed by atoms with van der Waals surface area (Å²) >= 11 is 0. The van der Waals surface area contributed by atoms with Crippen molar-refractivity contribution in [2.75, 3.05) is 23.3 Å². The van der Waals surface area contributed by atoms with Crippen LogP contribution in [0.4, 0.5) is 11.4 Å². The first-order chi connectivity index (χ1) is 14.3. The number of amides is 1. The minimum absolute atomic E-state index is 0.0171. The third-order valence-corrected chi connectivity index (χ3v) is 5.41. The molecular weight excluding hydrogens is 358 g/mol. The zero-order chi connectivity index (χ0) is 19.9. The zero-order valence-electron chi connectivity index (χ0n) is 16.8. The first-order valence-corrected chi connectivity index (χ1v) is 10.4. The summed E-state index contributed by atoms with van der Waals surface area (Å²) in [7, 11) is 0. The minimum Gasteiger partial charge on any atom is -0.372 e. The van der Waals surface area contributed by atoms with Crippen LogP contribution < -0.4 is 14.8 Å². The Balaban J connectivity index is 1.30. The molecule has 2 aromatic carbocycles. The predicted molar refractivity (Wildman–Crippen MR) is 117 cm³/mol. The Morgan fingerprint density at radius 2 is 1.48 bits per heavy atom. The van der Waals surface area contributed by atoms with Crippen LogP contribution in [0.1, 0.15) is 30.4 Å². The number of benzene rings is 2. The Morgan fingerprint density at radius 1 is 0.828 bits per heavy atom. The molecular formula is C25H28N3O+. The number of rotatable bonds is 6. The molecule has 4 nitrogen and oxygen atoms in total. The van der Waals surface area contributed by atoms with Gasteiger partial charge in [0.1, 0.15) is 0 Å². The number of nitrogens with one attached hydrogen (secondary N) is 1. The van der Waals surface area contributed by atoms with Crippen LogP contribution in [0.15, 0.2) is 79.1 Å². The largest absolute Gasteiger partial charge is 0.372 e. The molecule has 1 fully saturated rings. The molecule has 0 bridgehead atoms. The summed E-state index contributed by atoms with van der Waals surface area (Å²) in [5.74, 6) is -0.0171. The van der Waals surface area contributed by atoms with Crippen molar-refractivity contribution in [2.45, 2.75) is 32.2 Å². The van der Waals surface area contributed by atoms with E-state index in [-0.39, 0.29) is 5.91 Å². The molecule has 0 unspecified atom stereocenters. The molecule has 1 saturated heterocycles. The van der Waals surface area contributed by atoms with Crippen molar-refractivity contribution in [1.82, 2.24) is 0 Å². The Labute approximate surface area is 172 Å². The molecule has 4 rings (SSSR count). The summed E-state index contributed by atoms with van der Waals surface area (Å²) < 4.78 is 1.91. The van der Waals surface area contributed by atoms with Crippen LogP contribution in [-0.2, 0) is 17.8 Å². The van der Waals surface area contributed by atoms with Crippen LogP contribution in [0.25, 0.3) is 0 Å². The van der Waals surface area contributed by atoms with E-state index in [1.807, 2.05) is 35.2 Å². The number of pyridine rings is 1. The molecule has 0 radical (unpaired) electrons. The molecule has 148 valence electrons. The number of hydrogen-bond donors (Lipinski definition) is 1. The van der Waals surface area contributed by atoms with Gasteiger partial charge < -0.3 is 10.2 Å². The average molecular weight is 387 g/mol. The van der Waals surface area contributed by atoms with Crippen molar-refractivity contribution >= 4 is 17.3 Å². The van der Waals surface area contributed by atoms with Gasteiger partial charge in [0.2, 0.25) is 6.54 Å². The number of aromatic nitrogens is 1. The van der Waals surface area contributed by atoms with Crippen LogP contribution in [0.2, 0.25) is 0 Å². The molecule has 0 aliphatic carbocycles. The van der Waals surface area contributed by atoms with E-state index in [2.05, 4.69) is 58.7 Å². The number of nitrogens with zero attached hydrogens (tertiary/aromatic N) is 2. The molecule has 1 aliphatic heterocycles. The molecule has 1 amide bonds. The van der Waals surface area contributed by atoms with Crippen molar-refractivity contribution < 1.29 is 9.36 Å². The lowest BCUT2D eigenvalue weighted by Gasteiger charge is -2.28. The molecule has 4 heteroatoms. The van der Waals surface area contributed by atoms with Gasteiger partial charge in [-0.05, 0) is 61.1 Å². The fourth-order valence-corrected chi connectivity index (χ4v) is 3.82. The normalized spacial score (nSPS) is 13.9. The van der Waals surface area contributed by atoms with Gasteiger partial charge in [-0.2, -0.15) is 4.57 Å². The van der Waals surface area contributed by atoms with E-state index in [1.54, 1.807) is 0 Å². The molecule has 0 saturated carbocycles. The summed E-state index contributed by atoms with van der Waals surface area (Å²) in [6.07, 6.45) is 8.70. The highest BCUT2D eigenvalue weighted by atomic mass is 16.1. The molecule has 1 aliphatic rings. The molecule has 0 atom stereocenters. The maximum absolute atomic E-state index is 12.4. The van der Waals surface area contributed by atoms with E-state index in [1.165, 1.54) is 36.1 Å². The first-order valence-electron chi connectivity index (χ1n) is 10.4. The van der Waals surface area contributed by atoms with Gasteiger partial charge in [0.25, 0.3) is 5.91 Å². The highest BCUT2D eigenvalue weighted by Crippen LogP contribution is 2.21. The van der Waals surface area contributed by atoms with Crippen molar-refractivity contribution in [3.8, 4) is 0 Å². The third kappa shape index (κ3) is 5.44. The summed E-state index contributed by atoms with van der Waals surface area (Å²) in [5.41, 5.74) is 4.61. The van der Waals surface area contributed by atoms with E-state index in [9.17, 15) is 4.79 Å². The highest BCUT2D eigenvalue weighted by molar-refractivity contribution is 5.89. The molecule has 2 heterocycles. The van der Waals surface area contributed by atoms with Gasteiger partial charge >= 0.3 is 0 Å². The first kappa shape index (κ1) is 19.2. The summed E-state index contributed by atoms with van der Waals surface area (Å²) in [6, 6.07) is 22.8. The molecule has 29 heavy (non-hydrogen) atoms. The van der Waals surface area contributed by atoms with Crippen LogP contribution in [0.3, 0.4) is 0 Å². The van der Waals surface area contributed by atoms with E-state index < -0.39 is 0 Å². The lowest BCUT2D eigenvalue weighted by molar-refractivity contribution is -0.684. The van der Waals surface area contributed by atoms with Gasteiger partial charge in [-0.1, -0.05) is 30.3 Å². The van der Waals surface area contributed by atoms with Gasteiger partial charge in [0, 0.05) is 36.6 Å². The third-order valence-electron chi connectivity index (χ3n) is 5.41. The van der Waals surface area contributed by atoms with Crippen LogP contribution in [0.5, 0.6) is 0 Å². The second-order valence-corrected chi connectivity index (χ2v) is 7.68. The standard InChI is InChI=1S/C25H27N3O/c29-25(26-23-9-11-24(12-10-23)28-15-5-2-6-16-28)20-27-17-13-22(14-18-27)19-21-7-3-1-4-8-21/h1,3-4,7-14,17-18H,2,5-6,15-16,19-20H2/p+1. The second kappa shape index (κ2) is 9.37. The maximum atomic E-state index is 12.4. The van der Waals surface area contributed by atoms with E-state index in [0.29, 0.717) is 6.54 Å². The maximum Gasteiger partial charge on any atom is 0.290 e. The van der Waals surface area contributed by atoms with Crippen molar-refractivity contribution in [3.05, 3.63) is 90.3 Å². The quantitative estimate of drug-likeness (QED) is 0.645. The van der Waals surface area contributed by atoms with Crippen molar-refractivity contribution in [3.63, 3.8) is 0 Å². The summed E-state index contributed by atoms with van der Waals surface area (Å²) in [4.78, 5) is 14.8. The molecule has 1 N–H and O–H groups in total. The number of anilines is 2. The lowest BCUT2D eigenvalue weighted by Crippen LogP contribution is -2.39.